The third-order valence-corrected chi connectivity index (χ3v) is 2.35. The minimum atomic E-state index is -0.967. The van der Waals surface area contributed by atoms with E-state index in [0.29, 0.717) is 13.0 Å². The SMILES string of the molecule is C=CCOC(=O)N1CCCC[C@H]1C(=O)O. The van der Waals surface area contributed by atoms with E-state index < -0.39 is 18.1 Å². The topological polar surface area (TPSA) is 66.8 Å². The molecule has 1 amide bonds. The number of carbonyl (C=O) groups excluding carboxylic acids is 1. The van der Waals surface area contributed by atoms with Crippen molar-refractivity contribution in [3.8, 4) is 0 Å². The van der Waals surface area contributed by atoms with Crippen molar-refractivity contribution in [1.82, 2.24) is 4.90 Å². The minimum Gasteiger partial charge on any atom is -0.480 e. The fourth-order valence-corrected chi connectivity index (χ4v) is 1.62. The molecule has 0 bridgehead atoms. The molecule has 84 valence electrons. The van der Waals surface area contributed by atoms with Gasteiger partial charge in [-0.05, 0) is 19.3 Å². The van der Waals surface area contributed by atoms with Crippen molar-refractivity contribution < 1.29 is 19.4 Å². The van der Waals surface area contributed by atoms with E-state index in [1.807, 2.05) is 0 Å². The van der Waals surface area contributed by atoms with E-state index in [1.54, 1.807) is 0 Å². The van der Waals surface area contributed by atoms with Crippen molar-refractivity contribution in [1.29, 1.82) is 0 Å². The first-order valence-electron chi connectivity index (χ1n) is 4.94. The summed E-state index contributed by atoms with van der Waals surface area (Å²) in [5.74, 6) is -0.967. The molecule has 0 spiro atoms. The molecule has 0 aromatic rings. The first-order valence-corrected chi connectivity index (χ1v) is 4.94. The average molecular weight is 213 g/mol. The van der Waals surface area contributed by atoms with E-state index >= 15 is 0 Å². The van der Waals surface area contributed by atoms with Crippen LogP contribution < -0.4 is 0 Å². The second-order valence-corrected chi connectivity index (χ2v) is 3.41. The van der Waals surface area contributed by atoms with Crippen molar-refractivity contribution in [2.45, 2.75) is 25.3 Å². The van der Waals surface area contributed by atoms with Crippen molar-refractivity contribution in [2.24, 2.45) is 0 Å². The molecule has 1 rings (SSSR count). The van der Waals surface area contributed by atoms with Crippen LogP contribution in [0.4, 0.5) is 4.79 Å². The fourth-order valence-electron chi connectivity index (χ4n) is 1.62. The van der Waals surface area contributed by atoms with E-state index in [-0.39, 0.29) is 6.61 Å². The largest absolute Gasteiger partial charge is 0.480 e. The molecule has 0 saturated carbocycles. The van der Waals surface area contributed by atoms with Crippen molar-refractivity contribution in [3.05, 3.63) is 12.7 Å². The van der Waals surface area contributed by atoms with Gasteiger partial charge in [0.2, 0.25) is 0 Å². The second-order valence-electron chi connectivity index (χ2n) is 3.41. The number of rotatable bonds is 3. The quantitative estimate of drug-likeness (QED) is 0.716. The monoisotopic (exact) mass is 213 g/mol. The van der Waals surface area contributed by atoms with Crippen LogP contribution in [0.15, 0.2) is 12.7 Å². The predicted molar refractivity (Wildman–Crippen MR) is 53.5 cm³/mol. The normalized spacial score (nSPS) is 20.8. The molecule has 1 aliphatic rings. The highest BCUT2D eigenvalue weighted by atomic mass is 16.6. The lowest BCUT2D eigenvalue weighted by atomic mass is 10.0. The van der Waals surface area contributed by atoms with Gasteiger partial charge in [-0.25, -0.2) is 9.59 Å². The van der Waals surface area contributed by atoms with Crippen LogP contribution in [0.5, 0.6) is 0 Å². The molecule has 1 atom stereocenters. The van der Waals surface area contributed by atoms with Gasteiger partial charge in [-0.3, -0.25) is 4.90 Å². The average Bonchev–Trinajstić information content (AvgIpc) is 2.25. The standard InChI is InChI=1S/C10H15NO4/c1-2-7-15-10(14)11-6-4-3-5-8(11)9(12)13/h2,8H,1,3-7H2,(H,12,13)/t8-/m0/s1. The molecule has 1 N–H and O–H groups in total. The summed E-state index contributed by atoms with van der Waals surface area (Å²) in [4.78, 5) is 23.6. The van der Waals surface area contributed by atoms with Gasteiger partial charge in [-0.1, -0.05) is 12.7 Å². The predicted octanol–water partition coefficient (Wildman–Crippen LogP) is 1.25. The summed E-state index contributed by atoms with van der Waals surface area (Å²) in [5.41, 5.74) is 0. The highest BCUT2D eigenvalue weighted by molar-refractivity contribution is 5.80. The van der Waals surface area contributed by atoms with Gasteiger partial charge in [0, 0.05) is 6.54 Å². The van der Waals surface area contributed by atoms with Gasteiger partial charge in [0.25, 0.3) is 0 Å². The second kappa shape index (κ2) is 5.38. The van der Waals surface area contributed by atoms with Gasteiger partial charge in [0.15, 0.2) is 0 Å². The highest BCUT2D eigenvalue weighted by Crippen LogP contribution is 2.18. The first-order chi connectivity index (χ1) is 7.16. The highest BCUT2D eigenvalue weighted by Gasteiger charge is 2.32. The number of carbonyl (C=O) groups is 2. The summed E-state index contributed by atoms with van der Waals surface area (Å²) in [7, 11) is 0. The fraction of sp³-hybridized carbons (Fsp3) is 0.600. The van der Waals surface area contributed by atoms with E-state index in [0.717, 1.165) is 12.8 Å². The minimum absolute atomic E-state index is 0.113. The van der Waals surface area contributed by atoms with Gasteiger partial charge in [-0.15, -0.1) is 0 Å². The van der Waals surface area contributed by atoms with E-state index in [2.05, 4.69) is 6.58 Å². The lowest BCUT2D eigenvalue weighted by Crippen LogP contribution is -2.48. The number of hydrogen-bond donors (Lipinski definition) is 1. The molecule has 5 nitrogen and oxygen atoms in total. The number of ether oxygens (including phenoxy) is 1. The number of carboxylic acid groups (broad SMARTS) is 1. The van der Waals surface area contributed by atoms with Crippen LogP contribution in [0.2, 0.25) is 0 Å². The number of carboxylic acids is 1. The number of hydrogen-bond acceptors (Lipinski definition) is 3. The van der Waals surface area contributed by atoms with Crippen molar-refractivity contribution in [3.63, 3.8) is 0 Å². The van der Waals surface area contributed by atoms with Crippen molar-refractivity contribution in [2.75, 3.05) is 13.2 Å². The molecule has 0 aliphatic carbocycles. The molecule has 1 aliphatic heterocycles. The first kappa shape index (κ1) is 11.6. The third-order valence-electron chi connectivity index (χ3n) is 2.35. The van der Waals surface area contributed by atoms with Gasteiger partial charge in [0.1, 0.15) is 12.6 Å². The maximum Gasteiger partial charge on any atom is 0.410 e. The zero-order valence-corrected chi connectivity index (χ0v) is 8.52. The molecule has 15 heavy (non-hydrogen) atoms. The third kappa shape index (κ3) is 2.97. The van der Waals surface area contributed by atoms with Gasteiger partial charge in [0.05, 0.1) is 0 Å². The Kier molecular flexibility index (Phi) is 4.15. The van der Waals surface area contributed by atoms with Crippen LogP contribution in [-0.2, 0) is 9.53 Å². The lowest BCUT2D eigenvalue weighted by Gasteiger charge is -2.31. The molecule has 1 fully saturated rings. The molecular formula is C10H15NO4. The zero-order valence-electron chi connectivity index (χ0n) is 8.52. The lowest BCUT2D eigenvalue weighted by molar-refractivity contribution is -0.143. The summed E-state index contributed by atoms with van der Waals surface area (Å²) in [6.07, 6.45) is 3.05. The Morgan fingerprint density at radius 2 is 2.27 bits per heavy atom. The zero-order chi connectivity index (χ0) is 11.3. The van der Waals surface area contributed by atoms with Crippen LogP contribution >= 0.6 is 0 Å². The summed E-state index contributed by atoms with van der Waals surface area (Å²) in [6.45, 7) is 3.98. The molecule has 1 heterocycles. The number of aliphatic carboxylic acids is 1. The smallest absolute Gasteiger partial charge is 0.410 e. The molecule has 0 unspecified atom stereocenters. The Labute approximate surface area is 88.3 Å². The Hall–Kier alpha value is -1.52. The van der Waals surface area contributed by atoms with Crippen LogP contribution in [0.1, 0.15) is 19.3 Å². The van der Waals surface area contributed by atoms with E-state index in [9.17, 15) is 9.59 Å². The van der Waals surface area contributed by atoms with Gasteiger partial charge >= 0.3 is 12.1 Å². The Morgan fingerprint density at radius 3 is 2.87 bits per heavy atom. The van der Waals surface area contributed by atoms with Gasteiger partial charge < -0.3 is 9.84 Å². The van der Waals surface area contributed by atoms with Gasteiger partial charge in [-0.2, -0.15) is 0 Å². The Balaban J connectivity index is 2.58. The number of nitrogens with zero attached hydrogens (tertiary/aromatic N) is 1. The molecular weight excluding hydrogens is 198 g/mol. The van der Waals surface area contributed by atoms with Crippen LogP contribution in [-0.4, -0.2) is 41.3 Å². The molecule has 0 radical (unpaired) electrons. The number of likely N-dealkylation sites (tertiary alicyclic amines) is 1. The van der Waals surface area contributed by atoms with E-state index in [1.165, 1.54) is 11.0 Å². The van der Waals surface area contributed by atoms with Crippen molar-refractivity contribution >= 4 is 12.1 Å². The number of amides is 1. The summed E-state index contributed by atoms with van der Waals surface area (Å²) >= 11 is 0. The van der Waals surface area contributed by atoms with Crippen LogP contribution in [0, 0.1) is 0 Å². The molecule has 5 heteroatoms. The number of piperidine rings is 1. The maximum atomic E-state index is 11.5. The Bertz CT molecular complexity index is 264. The van der Waals surface area contributed by atoms with E-state index in [4.69, 9.17) is 9.84 Å². The molecule has 0 aromatic carbocycles. The summed E-state index contributed by atoms with van der Waals surface area (Å²) < 4.78 is 4.82. The maximum absolute atomic E-state index is 11.5. The summed E-state index contributed by atoms with van der Waals surface area (Å²) in [5, 5.41) is 8.91. The summed E-state index contributed by atoms with van der Waals surface area (Å²) in [6, 6.07) is -0.740. The molecule has 0 aromatic heterocycles. The van der Waals surface area contributed by atoms with Crippen LogP contribution in [0.3, 0.4) is 0 Å². The Morgan fingerprint density at radius 1 is 1.53 bits per heavy atom. The van der Waals surface area contributed by atoms with Crippen LogP contribution in [0.25, 0.3) is 0 Å². The molecule has 1 saturated heterocycles.